The van der Waals surface area contributed by atoms with Crippen LogP contribution in [0.5, 0.6) is 0 Å². The van der Waals surface area contributed by atoms with Gasteiger partial charge in [0, 0.05) is 67.3 Å². The molecule has 2 aromatic heterocycles. The van der Waals surface area contributed by atoms with Gasteiger partial charge >= 0.3 is 0 Å². The predicted molar refractivity (Wildman–Crippen MR) is 131 cm³/mol. The predicted octanol–water partition coefficient (Wildman–Crippen LogP) is 4.48. The molecule has 1 aliphatic rings. The molecule has 5 rings (SSSR count). The maximum Gasteiger partial charge on any atom is 0.269 e. The van der Waals surface area contributed by atoms with Gasteiger partial charge < -0.3 is 9.80 Å². The van der Waals surface area contributed by atoms with E-state index in [9.17, 15) is 14.9 Å². The molecule has 0 saturated carbocycles. The third-order valence-electron chi connectivity index (χ3n) is 6.16. The summed E-state index contributed by atoms with van der Waals surface area (Å²) in [5.74, 6) is -0.0170. The molecular formula is C26H23N5O3. The molecule has 0 unspecified atom stereocenters. The number of nitrogens with zero attached hydrogens (tertiary/aromatic N) is 5. The first kappa shape index (κ1) is 21.5. The van der Waals surface area contributed by atoms with Gasteiger partial charge in [0.1, 0.15) is 0 Å². The van der Waals surface area contributed by atoms with Crippen LogP contribution >= 0.6 is 0 Å². The third kappa shape index (κ3) is 4.17. The van der Waals surface area contributed by atoms with Gasteiger partial charge in [-0.25, -0.2) is 4.98 Å². The molecule has 0 radical (unpaired) electrons. The zero-order chi connectivity index (χ0) is 23.7. The summed E-state index contributed by atoms with van der Waals surface area (Å²) >= 11 is 0. The Morgan fingerprint density at radius 2 is 1.65 bits per heavy atom. The van der Waals surface area contributed by atoms with Gasteiger partial charge in [0.25, 0.3) is 11.6 Å². The number of nitro benzene ring substituents is 1. The lowest BCUT2D eigenvalue weighted by Gasteiger charge is -2.36. The van der Waals surface area contributed by atoms with Gasteiger partial charge in [0.15, 0.2) is 0 Å². The molecule has 1 amide bonds. The van der Waals surface area contributed by atoms with E-state index in [1.165, 1.54) is 12.1 Å². The summed E-state index contributed by atoms with van der Waals surface area (Å²) in [6, 6.07) is 18.2. The number of carbonyl (C=O) groups is 1. The van der Waals surface area contributed by atoms with Crippen molar-refractivity contribution in [1.82, 2.24) is 14.9 Å². The van der Waals surface area contributed by atoms with Crippen molar-refractivity contribution >= 4 is 28.2 Å². The third-order valence-corrected chi connectivity index (χ3v) is 6.16. The fourth-order valence-corrected chi connectivity index (χ4v) is 4.31. The number of amides is 1. The van der Waals surface area contributed by atoms with Crippen molar-refractivity contribution in [1.29, 1.82) is 0 Å². The molecule has 8 heteroatoms. The van der Waals surface area contributed by atoms with E-state index in [0.717, 1.165) is 33.4 Å². The van der Waals surface area contributed by atoms with Crippen LogP contribution in [0, 0.1) is 17.0 Å². The topological polar surface area (TPSA) is 92.5 Å². The van der Waals surface area contributed by atoms with Gasteiger partial charge in [-0.3, -0.25) is 19.9 Å². The molecule has 1 aliphatic heterocycles. The van der Waals surface area contributed by atoms with Crippen LogP contribution in [0.1, 0.15) is 15.9 Å². The molecule has 170 valence electrons. The highest BCUT2D eigenvalue weighted by atomic mass is 16.6. The van der Waals surface area contributed by atoms with Crippen LogP contribution in [0.25, 0.3) is 22.2 Å². The molecule has 2 aromatic carbocycles. The lowest BCUT2D eigenvalue weighted by molar-refractivity contribution is -0.384. The first-order valence-corrected chi connectivity index (χ1v) is 11.1. The summed E-state index contributed by atoms with van der Waals surface area (Å²) in [6.45, 7) is 4.45. The SMILES string of the molecule is Cc1ccc2nc(-c3ccncc3)cc(C(=O)N3CCN(c4ccc([N+](=O)[O-])cc4)CC3)c2c1. The zero-order valence-corrected chi connectivity index (χ0v) is 18.7. The number of anilines is 1. The van der Waals surface area contributed by atoms with Gasteiger partial charge in [-0.2, -0.15) is 0 Å². The summed E-state index contributed by atoms with van der Waals surface area (Å²) in [7, 11) is 0. The van der Waals surface area contributed by atoms with Crippen molar-refractivity contribution in [3.8, 4) is 11.3 Å². The van der Waals surface area contributed by atoms with E-state index in [2.05, 4.69) is 9.88 Å². The number of hydrogen-bond acceptors (Lipinski definition) is 6. The van der Waals surface area contributed by atoms with Crippen molar-refractivity contribution in [2.75, 3.05) is 31.1 Å². The van der Waals surface area contributed by atoms with E-state index >= 15 is 0 Å². The Bertz CT molecular complexity index is 1360. The molecule has 1 saturated heterocycles. The van der Waals surface area contributed by atoms with Gasteiger partial charge in [-0.1, -0.05) is 11.6 Å². The molecular weight excluding hydrogens is 430 g/mol. The number of fused-ring (bicyclic) bond motifs is 1. The van der Waals surface area contributed by atoms with Crippen molar-refractivity contribution < 1.29 is 9.72 Å². The fraction of sp³-hybridized carbons (Fsp3) is 0.192. The van der Waals surface area contributed by atoms with Gasteiger partial charge in [-0.15, -0.1) is 0 Å². The van der Waals surface area contributed by atoms with Crippen molar-refractivity contribution in [2.24, 2.45) is 0 Å². The Balaban J connectivity index is 1.41. The standard InChI is InChI=1S/C26H23N5O3/c1-18-2-7-24-22(16-18)23(17-25(28-24)19-8-10-27-11-9-19)26(32)30-14-12-29(13-15-30)20-3-5-21(6-4-20)31(33)34/h2-11,16-17H,12-15H2,1H3. The van der Waals surface area contributed by atoms with E-state index in [1.54, 1.807) is 24.5 Å². The average Bonchev–Trinajstić information content (AvgIpc) is 2.88. The molecule has 34 heavy (non-hydrogen) atoms. The van der Waals surface area contributed by atoms with E-state index in [1.807, 2.05) is 48.2 Å². The van der Waals surface area contributed by atoms with Crippen LogP contribution in [-0.4, -0.2) is 51.9 Å². The van der Waals surface area contributed by atoms with Crippen molar-refractivity contribution in [2.45, 2.75) is 6.92 Å². The van der Waals surface area contributed by atoms with Gasteiger partial charge in [0.2, 0.25) is 0 Å². The number of benzene rings is 2. The average molecular weight is 454 g/mol. The van der Waals surface area contributed by atoms with Crippen molar-refractivity contribution in [3.63, 3.8) is 0 Å². The monoisotopic (exact) mass is 453 g/mol. The number of non-ortho nitro benzene ring substituents is 1. The number of nitro groups is 1. The van der Waals surface area contributed by atoms with Crippen molar-refractivity contribution in [3.05, 3.63) is 94.3 Å². The van der Waals surface area contributed by atoms with Crippen LogP contribution in [0.2, 0.25) is 0 Å². The first-order chi connectivity index (χ1) is 16.5. The second kappa shape index (κ2) is 8.90. The minimum absolute atomic E-state index is 0.0170. The van der Waals surface area contributed by atoms with Crippen LogP contribution in [0.4, 0.5) is 11.4 Å². The molecule has 0 aliphatic carbocycles. The normalized spacial score (nSPS) is 13.8. The highest BCUT2D eigenvalue weighted by Gasteiger charge is 2.25. The number of carbonyl (C=O) groups excluding carboxylic acids is 1. The Morgan fingerprint density at radius 1 is 0.941 bits per heavy atom. The van der Waals surface area contributed by atoms with Crippen LogP contribution in [0.15, 0.2) is 73.1 Å². The molecule has 3 heterocycles. The lowest BCUT2D eigenvalue weighted by atomic mass is 10.0. The van der Waals surface area contributed by atoms with Crippen LogP contribution in [-0.2, 0) is 0 Å². The number of hydrogen-bond donors (Lipinski definition) is 0. The van der Waals surface area contributed by atoms with E-state index < -0.39 is 4.92 Å². The highest BCUT2D eigenvalue weighted by molar-refractivity contribution is 6.07. The van der Waals surface area contributed by atoms with Gasteiger partial charge in [-0.05, 0) is 49.4 Å². The molecule has 4 aromatic rings. The first-order valence-electron chi connectivity index (χ1n) is 11.1. The number of piperazine rings is 1. The Morgan fingerprint density at radius 3 is 2.32 bits per heavy atom. The second-order valence-corrected chi connectivity index (χ2v) is 8.36. The maximum absolute atomic E-state index is 13.7. The highest BCUT2D eigenvalue weighted by Crippen LogP contribution is 2.27. The van der Waals surface area contributed by atoms with Crippen LogP contribution in [0.3, 0.4) is 0 Å². The smallest absolute Gasteiger partial charge is 0.269 e. The fourth-order valence-electron chi connectivity index (χ4n) is 4.31. The molecule has 0 N–H and O–H groups in total. The number of aryl methyl sites for hydroxylation is 1. The van der Waals surface area contributed by atoms with Crippen LogP contribution < -0.4 is 4.90 Å². The minimum atomic E-state index is -0.401. The maximum atomic E-state index is 13.7. The summed E-state index contributed by atoms with van der Waals surface area (Å²) < 4.78 is 0. The largest absolute Gasteiger partial charge is 0.368 e. The number of aromatic nitrogens is 2. The summed E-state index contributed by atoms with van der Waals surface area (Å²) in [6.07, 6.45) is 3.44. The summed E-state index contributed by atoms with van der Waals surface area (Å²) in [5.41, 5.74) is 5.14. The second-order valence-electron chi connectivity index (χ2n) is 8.36. The minimum Gasteiger partial charge on any atom is -0.368 e. The zero-order valence-electron chi connectivity index (χ0n) is 18.7. The Kier molecular flexibility index (Phi) is 5.63. The molecule has 8 nitrogen and oxygen atoms in total. The molecule has 0 bridgehead atoms. The summed E-state index contributed by atoms with van der Waals surface area (Å²) in [4.78, 5) is 37.1. The van der Waals surface area contributed by atoms with E-state index in [4.69, 9.17) is 4.98 Å². The quantitative estimate of drug-likeness (QED) is 0.334. The summed E-state index contributed by atoms with van der Waals surface area (Å²) in [5, 5.41) is 11.8. The van der Waals surface area contributed by atoms with E-state index in [0.29, 0.717) is 31.7 Å². The Hall–Kier alpha value is -4.33. The Labute approximate surface area is 196 Å². The molecule has 1 fully saturated rings. The van der Waals surface area contributed by atoms with Gasteiger partial charge in [0.05, 0.1) is 21.7 Å². The lowest BCUT2D eigenvalue weighted by Crippen LogP contribution is -2.48. The molecule has 0 spiro atoms. The number of rotatable bonds is 4. The molecule has 0 atom stereocenters. The van der Waals surface area contributed by atoms with E-state index in [-0.39, 0.29) is 11.6 Å². The number of pyridine rings is 2.